The van der Waals surface area contributed by atoms with E-state index in [-0.39, 0.29) is 0 Å². The number of rotatable bonds is 3. The van der Waals surface area contributed by atoms with Crippen LogP contribution in [0, 0.1) is 0 Å². The Balaban J connectivity index is 1.92. The Morgan fingerprint density at radius 1 is 1.55 bits per heavy atom. The van der Waals surface area contributed by atoms with Gasteiger partial charge in [-0.1, -0.05) is 0 Å². The molecule has 0 aliphatic rings. The molecule has 1 amide bonds. The Kier molecular flexibility index (Phi) is 3.21. The summed E-state index contributed by atoms with van der Waals surface area (Å²) in [6.07, 6.45) is 2.50. The lowest BCUT2D eigenvalue weighted by Gasteiger charge is -2.02. The molecule has 0 aliphatic heterocycles. The summed E-state index contributed by atoms with van der Waals surface area (Å²) in [5.41, 5.74) is 2.49. The highest BCUT2D eigenvalue weighted by Crippen LogP contribution is 2.30. The van der Waals surface area contributed by atoms with E-state index in [1.807, 2.05) is 23.7 Å². The molecule has 6 nitrogen and oxygen atoms in total. The first kappa shape index (κ1) is 12.8. The van der Waals surface area contributed by atoms with Crippen molar-refractivity contribution in [3.8, 4) is 11.3 Å². The van der Waals surface area contributed by atoms with Crippen LogP contribution in [0.3, 0.4) is 0 Å². The fourth-order valence-electron chi connectivity index (χ4n) is 1.83. The van der Waals surface area contributed by atoms with Crippen molar-refractivity contribution in [2.75, 3.05) is 5.32 Å². The molecule has 102 valence electrons. The Labute approximate surface area is 118 Å². The fraction of sp³-hybridized carbons (Fsp3) is 0.154. The molecular formula is C13H12N4O2S. The minimum Gasteiger partial charge on any atom is -0.384 e. The number of aliphatic hydroxyl groups is 1. The molecule has 20 heavy (non-hydrogen) atoms. The van der Waals surface area contributed by atoms with Crippen molar-refractivity contribution in [3.63, 3.8) is 0 Å². The highest BCUT2D eigenvalue weighted by molar-refractivity contribution is 7.14. The number of hydrogen-bond acceptors (Lipinski definition) is 5. The standard InChI is InChI=1S/C13H12N4O2S/c1-7(18)12(19)17-13-16-10(6-20-13)9-5-15-11-8(9)3-2-4-14-11/h2-7,18H,1H3,(H,14,15)(H,16,17,19). The second kappa shape index (κ2) is 5.03. The number of carbonyl (C=O) groups excluding carboxylic acids is 1. The van der Waals surface area contributed by atoms with Gasteiger partial charge in [0.2, 0.25) is 0 Å². The van der Waals surface area contributed by atoms with Crippen LogP contribution in [0.2, 0.25) is 0 Å². The number of nitrogens with one attached hydrogen (secondary N) is 2. The van der Waals surface area contributed by atoms with Gasteiger partial charge in [0.25, 0.3) is 5.91 Å². The van der Waals surface area contributed by atoms with Crippen molar-refractivity contribution in [1.82, 2.24) is 15.0 Å². The topological polar surface area (TPSA) is 90.9 Å². The van der Waals surface area contributed by atoms with Gasteiger partial charge in [0.05, 0.1) is 5.69 Å². The van der Waals surface area contributed by atoms with Crippen LogP contribution in [0.25, 0.3) is 22.3 Å². The van der Waals surface area contributed by atoms with E-state index in [4.69, 9.17) is 5.11 Å². The molecule has 0 aliphatic carbocycles. The average Bonchev–Trinajstić information content (AvgIpc) is 3.04. The van der Waals surface area contributed by atoms with Crippen molar-refractivity contribution in [2.45, 2.75) is 13.0 Å². The van der Waals surface area contributed by atoms with E-state index in [0.29, 0.717) is 5.13 Å². The smallest absolute Gasteiger partial charge is 0.254 e. The minimum absolute atomic E-state index is 0.462. The van der Waals surface area contributed by atoms with Crippen LogP contribution in [-0.4, -0.2) is 32.1 Å². The molecule has 0 aromatic carbocycles. The molecule has 0 fully saturated rings. The van der Waals surface area contributed by atoms with Gasteiger partial charge in [0.15, 0.2) is 5.13 Å². The van der Waals surface area contributed by atoms with Crippen LogP contribution >= 0.6 is 11.3 Å². The number of aromatic nitrogens is 3. The Morgan fingerprint density at radius 2 is 2.40 bits per heavy atom. The summed E-state index contributed by atoms with van der Waals surface area (Å²) in [6.45, 7) is 1.41. The van der Waals surface area contributed by atoms with E-state index in [2.05, 4.69) is 20.3 Å². The number of fused-ring (bicyclic) bond motifs is 1. The number of amides is 1. The molecule has 1 atom stereocenters. The van der Waals surface area contributed by atoms with Crippen molar-refractivity contribution in [3.05, 3.63) is 29.9 Å². The number of anilines is 1. The van der Waals surface area contributed by atoms with Gasteiger partial charge in [-0.25, -0.2) is 9.97 Å². The average molecular weight is 288 g/mol. The van der Waals surface area contributed by atoms with Gasteiger partial charge in [-0.3, -0.25) is 10.1 Å². The molecule has 3 rings (SSSR count). The van der Waals surface area contributed by atoms with Crippen molar-refractivity contribution in [2.24, 2.45) is 0 Å². The Morgan fingerprint density at radius 3 is 3.20 bits per heavy atom. The van der Waals surface area contributed by atoms with Gasteiger partial charge in [0, 0.05) is 28.7 Å². The first-order valence-electron chi connectivity index (χ1n) is 6.02. The van der Waals surface area contributed by atoms with E-state index < -0.39 is 12.0 Å². The Hall–Kier alpha value is -2.25. The molecule has 3 heterocycles. The van der Waals surface area contributed by atoms with E-state index in [9.17, 15) is 4.79 Å². The summed E-state index contributed by atoms with van der Waals surface area (Å²) in [6, 6.07) is 3.82. The number of aromatic amines is 1. The lowest BCUT2D eigenvalue weighted by molar-refractivity contribution is -0.123. The molecule has 0 radical (unpaired) electrons. The van der Waals surface area contributed by atoms with Gasteiger partial charge < -0.3 is 10.1 Å². The van der Waals surface area contributed by atoms with E-state index in [1.165, 1.54) is 18.3 Å². The molecule has 3 aromatic rings. The van der Waals surface area contributed by atoms with Gasteiger partial charge in [-0.05, 0) is 19.1 Å². The van der Waals surface area contributed by atoms with Crippen LogP contribution in [-0.2, 0) is 4.79 Å². The van der Waals surface area contributed by atoms with Crippen molar-refractivity contribution >= 4 is 33.4 Å². The molecule has 3 aromatic heterocycles. The van der Waals surface area contributed by atoms with Crippen molar-refractivity contribution < 1.29 is 9.90 Å². The monoisotopic (exact) mass is 288 g/mol. The third-order valence-electron chi connectivity index (χ3n) is 2.84. The van der Waals surface area contributed by atoms with E-state index in [1.54, 1.807) is 6.20 Å². The van der Waals surface area contributed by atoms with Crippen LogP contribution in [0.15, 0.2) is 29.9 Å². The lowest BCUT2D eigenvalue weighted by Crippen LogP contribution is -2.24. The first-order chi connectivity index (χ1) is 9.65. The number of aliphatic hydroxyl groups excluding tert-OH is 1. The van der Waals surface area contributed by atoms with Crippen molar-refractivity contribution in [1.29, 1.82) is 0 Å². The molecular weight excluding hydrogens is 276 g/mol. The largest absolute Gasteiger partial charge is 0.384 e. The quantitative estimate of drug-likeness (QED) is 0.687. The minimum atomic E-state index is -1.06. The maximum atomic E-state index is 11.4. The SMILES string of the molecule is CC(O)C(=O)Nc1nc(-c2c[nH]c3ncccc23)cs1. The number of nitrogens with zero attached hydrogens (tertiary/aromatic N) is 2. The number of pyridine rings is 1. The van der Waals surface area contributed by atoms with Gasteiger partial charge in [-0.15, -0.1) is 11.3 Å². The normalized spacial score (nSPS) is 12.5. The first-order valence-corrected chi connectivity index (χ1v) is 6.90. The zero-order valence-electron chi connectivity index (χ0n) is 10.6. The molecule has 7 heteroatoms. The second-order valence-electron chi connectivity index (χ2n) is 4.31. The van der Waals surface area contributed by atoms with Crippen LogP contribution in [0.1, 0.15) is 6.92 Å². The third kappa shape index (κ3) is 2.28. The summed E-state index contributed by atoms with van der Waals surface area (Å²) in [5, 5.41) is 15.0. The maximum absolute atomic E-state index is 11.4. The third-order valence-corrected chi connectivity index (χ3v) is 3.60. The van der Waals surface area contributed by atoms with E-state index >= 15 is 0 Å². The molecule has 0 saturated heterocycles. The summed E-state index contributed by atoms with van der Waals surface area (Å²) < 4.78 is 0. The zero-order chi connectivity index (χ0) is 14.1. The van der Waals surface area contributed by atoms with Gasteiger partial charge in [0.1, 0.15) is 11.8 Å². The number of carbonyl (C=O) groups is 1. The van der Waals surface area contributed by atoms with Crippen LogP contribution < -0.4 is 5.32 Å². The lowest BCUT2D eigenvalue weighted by atomic mass is 10.2. The van der Waals surface area contributed by atoms with Gasteiger partial charge >= 0.3 is 0 Å². The van der Waals surface area contributed by atoms with Crippen LogP contribution in [0.5, 0.6) is 0 Å². The molecule has 3 N–H and O–H groups in total. The zero-order valence-corrected chi connectivity index (χ0v) is 11.4. The van der Waals surface area contributed by atoms with E-state index in [0.717, 1.165) is 22.3 Å². The van der Waals surface area contributed by atoms with Gasteiger partial charge in [-0.2, -0.15) is 0 Å². The predicted molar refractivity (Wildman–Crippen MR) is 77.5 cm³/mol. The summed E-state index contributed by atoms with van der Waals surface area (Å²) >= 11 is 1.31. The highest BCUT2D eigenvalue weighted by Gasteiger charge is 2.13. The fourth-order valence-corrected chi connectivity index (χ4v) is 2.55. The number of H-pyrrole nitrogens is 1. The summed E-state index contributed by atoms with van der Waals surface area (Å²) in [7, 11) is 0. The Bertz CT molecular complexity index is 762. The summed E-state index contributed by atoms with van der Waals surface area (Å²) in [5.74, 6) is -0.466. The molecule has 0 bridgehead atoms. The van der Waals surface area contributed by atoms with Crippen LogP contribution in [0.4, 0.5) is 5.13 Å². The predicted octanol–water partition coefficient (Wildman–Crippen LogP) is 2.01. The number of thiazole rings is 1. The second-order valence-corrected chi connectivity index (χ2v) is 5.16. The maximum Gasteiger partial charge on any atom is 0.254 e. The molecule has 0 spiro atoms. The highest BCUT2D eigenvalue weighted by atomic mass is 32.1. The molecule has 1 unspecified atom stereocenters. The number of hydrogen-bond donors (Lipinski definition) is 3. The summed E-state index contributed by atoms with van der Waals surface area (Å²) in [4.78, 5) is 23.1. The molecule has 0 saturated carbocycles.